The number of pyridine rings is 1. The summed E-state index contributed by atoms with van der Waals surface area (Å²) in [6.07, 6.45) is 2.85. The SMILES string of the molecule is Cc1nc2cc(F)c(-c3cnc(C(C)(C)O)nc3)cn2c1CN1C(=O)C(C)Oc2c(F)cc(C(=O)N3CCN(C(=O)OC(C)(C)C)CC3)cc21. The van der Waals surface area contributed by atoms with Crippen LogP contribution >= 0.6 is 0 Å². The third-order valence-corrected chi connectivity index (χ3v) is 8.52. The highest BCUT2D eigenvalue weighted by atomic mass is 19.1. The number of rotatable bonds is 5. The number of halogens is 2. The van der Waals surface area contributed by atoms with Gasteiger partial charge in [-0.15, -0.1) is 0 Å². The van der Waals surface area contributed by atoms with Crippen molar-refractivity contribution >= 4 is 29.2 Å². The highest BCUT2D eigenvalue weighted by Crippen LogP contribution is 2.39. The van der Waals surface area contributed by atoms with Gasteiger partial charge in [-0.3, -0.25) is 14.5 Å². The normalized spacial score (nSPS) is 16.8. The van der Waals surface area contributed by atoms with Crippen molar-refractivity contribution in [3.8, 4) is 16.9 Å². The van der Waals surface area contributed by atoms with Crippen molar-refractivity contribution in [2.45, 2.75) is 72.3 Å². The van der Waals surface area contributed by atoms with Crippen molar-refractivity contribution in [2.24, 2.45) is 0 Å². The average molecular weight is 692 g/mol. The Balaban J connectivity index is 1.30. The maximum absolute atomic E-state index is 15.7. The third-order valence-electron chi connectivity index (χ3n) is 8.52. The van der Waals surface area contributed by atoms with E-state index in [1.54, 1.807) is 45.9 Å². The van der Waals surface area contributed by atoms with Crippen molar-refractivity contribution in [3.63, 3.8) is 0 Å². The standard InChI is InChI=1S/C35H39F2N7O6/c1-19-27(43-17-23(24(36)14-28(43)40-19)22-15-38-32(39-16-22)35(6,7)48)18-44-26-13-21(12-25(37)29(26)49-20(2)30(44)45)31(46)41-8-10-42(11-9-41)33(47)50-34(3,4)5/h12-17,20,48H,8-11,18H2,1-7H3. The highest BCUT2D eigenvalue weighted by Gasteiger charge is 2.37. The zero-order chi connectivity index (χ0) is 36.3. The molecule has 1 saturated heterocycles. The van der Waals surface area contributed by atoms with Gasteiger partial charge in [0.1, 0.15) is 22.7 Å². The van der Waals surface area contributed by atoms with Crippen molar-refractivity contribution in [1.29, 1.82) is 0 Å². The summed E-state index contributed by atoms with van der Waals surface area (Å²) in [4.78, 5) is 57.0. The molecule has 13 nitrogen and oxygen atoms in total. The Morgan fingerprint density at radius 1 is 1.00 bits per heavy atom. The lowest BCUT2D eigenvalue weighted by molar-refractivity contribution is -0.125. The lowest BCUT2D eigenvalue weighted by atomic mass is 10.1. The van der Waals surface area contributed by atoms with Gasteiger partial charge in [0, 0.05) is 67.5 Å². The summed E-state index contributed by atoms with van der Waals surface area (Å²) in [5, 5.41) is 10.2. The van der Waals surface area contributed by atoms with Gasteiger partial charge in [0.05, 0.1) is 23.6 Å². The number of fused-ring (bicyclic) bond motifs is 2. The van der Waals surface area contributed by atoms with Crippen molar-refractivity contribution in [2.75, 3.05) is 31.1 Å². The van der Waals surface area contributed by atoms with E-state index < -0.39 is 46.8 Å². The number of aromatic nitrogens is 4. The zero-order valence-corrected chi connectivity index (χ0v) is 29.0. The smallest absolute Gasteiger partial charge is 0.410 e. The highest BCUT2D eigenvalue weighted by molar-refractivity contribution is 6.02. The number of amides is 3. The maximum atomic E-state index is 15.7. The molecule has 0 aliphatic carbocycles. The van der Waals surface area contributed by atoms with Gasteiger partial charge >= 0.3 is 6.09 Å². The van der Waals surface area contributed by atoms with Gasteiger partial charge in [0.25, 0.3) is 11.8 Å². The lowest BCUT2D eigenvalue weighted by Gasteiger charge is -2.36. The van der Waals surface area contributed by atoms with E-state index in [1.165, 1.54) is 52.3 Å². The zero-order valence-electron chi connectivity index (χ0n) is 29.0. The van der Waals surface area contributed by atoms with E-state index >= 15 is 8.78 Å². The van der Waals surface area contributed by atoms with Crippen LogP contribution in [0.4, 0.5) is 19.3 Å². The van der Waals surface area contributed by atoms with E-state index in [-0.39, 0.29) is 66.8 Å². The molecule has 50 heavy (non-hydrogen) atoms. The van der Waals surface area contributed by atoms with E-state index in [1.807, 2.05) is 0 Å². The first-order valence-electron chi connectivity index (χ1n) is 16.2. The second kappa shape index (κ2) is 12.6. The van der Waals surface area contributed by atoms with Gasteiger partial charge in [-0.05, 0) is 60.6 Å². The summed E-state index contributed by atoms with van der Waals surface area (Å²) in [5.74, 6) is -2.33. The first-order chi connectivity index (χ1) is 23.4. The van der Waals surface area contributed by atoms with E-state index in [0.717, 1.165) is 6.07 Å². The number of nitrogens with zero attached hydrogens (tertiary/aromatic N) is 7. The van der Waals surface area contributed by atoms with Crippen LogP contribution in [-0.2, 0) is 21.7 Å². The topological polar surface area (TPSA) is 143 Å². The molecule has 1 atom stereocenters. The van der Waals surface area contributed by atoms with Gasteiger partial charge in [-0.1, -0.05) is 0 Å². The fourth-order valence-electron chi connectivity index (χ4n) is 5.92. The van der Waals surface area contributed by atoms with Crippen LogP contribution in [0.25, 0.3) is 16.8 Å². The first-order valence-corrected chi connectivity index (χ1v) is 16.2. The molecule has 0 spiro atoms. The molecule has 1 unspecified atom stereocenters. The van der Waals surface area contributed by atoms with E-state index in [0.29, 0.717) is 17.0 Å². The van der Waals surface area contributed by atoms with Gasteiger partial charge in [0.15, 0.2) is 23.5 Å². The van der Waals surface area contributed by atoms with E-state index in [2.05, 4.69) is 15.0 Å². The molecule has 6 rings (SSSR count). The van der Waals surface area contributed by atoms with E-state index in [9.17, 15) is 19.5 Å². The van der Waals surface area contributed by atoms with Crippen molar-refractivity contribution < 1.29 is 37.7 Å². The number of carbonyl (C=O) groups is 3. The predicted octanol–water partition coefficient (Wildman–Crippen LogP) is 4.61. The van der Waals surface area contributed by atoms with Crippen LogP contribution in [0.1, 0.15) is 69.1 Å². The van der Waals surface area contributed by atoms with Crippen LogP contribution in [0.5, 0.6) is 5.75 Å². The van der Waals surface area contributed by atoms with E-state index in [4.69, 9.17) is 9.47 Å². The van der Waals surface area contributed by atoms with Crippen LogP contribution in [0.15, 0.2) is 36.8 Å². The molecule has 2 aliphatic heterocycles. The van der Waals surface area contributed by atoms with Crippen LogP contribution in [0.2, 0.25) is 0 Å². The number of benzene rings is 1. The van der Waals surface area contributed by atoms with Crippen molar-refractivity contribution in [1.82, 2.24) is 29.2 Å². The lowest BCUT2D eigenvalue weighted by Crippen LogP contribution is -2.51. The molecule has 0 bridgehead atoms. The molecule has 1 aromatic carbocycles. The van der Waals surface area contributed by atoms with Gasteiger partial charge in [0.2, 0.25) is 0 Å². The molecule has 2 aliphatic rings. The summed E-state index contributed by atoms with van der Waals surface area (Å²) in [6.45, 7) is 12.4. The Labute approximate surface area is 287 Å². The second-order valence-corrected chi connectivity index (χ2v) is 14.0. The van der Waals surface area contributed by atoms with Gasteiger partial charge < -0.3 is 28.8 Å². The van der Waals surface area contributed by atoms with Crippen molar-refractivity contribution in [3.05, 3.63) is 71.2 Å². The predicted molar refractivity (Wildman–Crippen MR) is 178 cm³/mol. The summed E-state index contributed by atoms with van der Waals surface area (Å²) in [5.41, 5.74) is -0.0601. The quantitative estimate of drug-likeness (QED) is 0.318. The molecule has 264 valence electrons. The summed E-state index contributed by atoms with van der Waals surface area (Å²) in [7, 11) is 0. The Hall–Kier alpha value is -5.18. The molecule has 5 heterocycles. The number of ether oxygens (including phenoxy) is 2. The first kappa shape index (κ1) is 34.7. The molecule has 15 heteroatoms. The Kier molecular flexibility index (Phi) is 8.75. The fraction of sp³-hybridized carbons (Fsp3) is 0.429. The molecule has 0 saturated carbocycles. The summed E-state index contributed by atoms with van der Waals surface area (Å²) >= 11 is 0. The van der Waals surface area contributed by atoms with Crippen LogP contribution in [0, 0.1) is 18.6 Å². The number of imidazole rings is 1. The largest absolute Gasteiger partial charge is 0.476 e. The number of hydrogen-bond donors (Lipinski definition) is 1. The molecule has 1 fully saturated rings. The molecular weight excluding hydrogens is 652 g/mol. The number of piperazine rings is 1. The minimum Gasteiger partial charge on any atom is -0.476 e. The number of anilines is 1. The number of carbonyl (C=O) groups excluding carboxylic acids is 3. The second-order valence-electron chi connectivity index (χ2n) is 14.0. The van der Waals surface area contributed by atoms with Gasteiger partial charge in [-0.25, -0.2) is 28.5 Å². The fourth-order valence-corrected chi connectivity index (χ4v) is 5.92. The van der Waals surface area contributed by atoms with Gasteiger partial charge in [-0.2, -0.15) is 0 Å². The monoisotopic (exact) mass is 691 g/mol. The minimum absolute atomic E-state index is 0.0108. The maximum Gasteiger partial charge on any atom is 0.410 e. The Morgan fingerprint density at radius 2 is 1.64 bits per heavy atom. The molecule has 4 aromatic rings. The number of hydrogen-bond acceptors (Lipinski definition) is 9. The molecule has 3 aromatic heterocycles. The molecule has 3 amide bonds. The van der Waals surface area contributed by atoms with Crippen LogP contribution < -0.4 is 9.64 Å². The average Bonchev–Trinajstić information content (AvgIpc) is 3.34. The van der Waals surface area contributed by atoms with Crippen LogP contribution in [0.3, 0.4) is 0 Å². The summed E-state index contributed by atoms with van der Waals surface area (Å²) in [6, 6.07) is 3.77. The molecule has 1 N–H and O–H groups in total. The minimum atomic E-state index is -1.28. The Morgan fingerprint density at radius 3 is 2.26 bits per heavy atom. The van der Waals surface area contributed by atoms with Crippen LogP contribution in [-0.4, -0.2) is 90.1 Å². The third kappa shape index (κ3) is 6.69. The summed E-state index contributed by atoms with van der Waals surface area (Å²) < 4.78 is 43.8. The Bertz CT molecular complexity index is 1990. The number of aliphatic hydroxyl groups is 1. The molecular formula is C35H39F2N7O6. The molecule has 0 radical (unpaired) electrons. The number of aryl methyl sites for hydroxylation is 1.